The molecule has 1 fully saturated rings. The molecule has 0 saturated carbocycles. The molecule has 2 aromatic rings. The molecule has 3 rings (SSSR count). The number of piperazine rings is 1. The maximum absolute atomic E-state index is 13.9. The van der Waals surface area contributed by atoms with Crippen LogP contribution in [-0.2, 0) is 23.6 Å². The van der Waals surface area contributed by atoms with Crippen LogP contribution in [0.25, 0.3) is 0 Å². The molecule has 0 aliphatic carbocycles. The van der Waals surface area contributed by atoms with Gasteiger partial charge in [-0.25, -0.2) is 12.8 Å². The number of nitrogens with zero attached hydrogens (tertiary/aromatic N) is 4. The lowest BCUT2D eigenvalue weighted by Gasteiger charge is -2.34. The van der Waals surface area contributed by atoms with Crippen molar-refractivity contribution in [1.82, 2.24) is 19.0 Å². The van der Waals surface area contributed by atoms with Crippen molar-refractivity contribution < 1.29 is 12.8 Å². The second-order valence-electron chi connectivity index (χ2n) is 6.38. The van der Waals surface area contributed by atoms with Crippen LogP contribution in [0.4, 0.5) is 4.39 Å². The summed E-state index contributed by atoms with van der Waals surface area (Å²) in [7, 11) is -1.86. The summed E-state index contributed by atoms with van der Waals surface area (Å²) in [6, 6.07) is 5.53. The summed E-state index contributed by atoms with van der Waals surface area (Å²) in [5.41, 5.74) is 3.31. The molecule has 0 radical (unpaired) electrons. The zero-order chi connectivity index (χ0) is 18.2. The van der Waals surface area contributed by atoms with Crippen LogP contribution in [0.3, 0.4) is 0 Å². The molecule has 0 N–H and O–H groups in total. The third kappa shape index (κ3) is 3.47. The number of hydrogen-bond acceptors (Lipinski definition) is 4. The topological polar surface area (TPSA) is 58.4 Å². The highest BCUT2D eigenvalue weighted by atomic mass is 32.2. The third-order valence-corrected chi connectivity index (χ3v) is 6.76. The van der Waals surface area contributed by atoms with Crippen LogP contribution in [0.15, 0.2) is 29.2 Å². The Morgan fingerprint density at radius 2 is 1.76 bits per heavy atom. The number of halogens is 1. The molecule has 1 aromatic heterocycles. The van der Waals surface area contributed by atoms with E-state index in [1.807, 2.05) is 25.6 Å². The average Bonchev–Trinajstić information content (AvgIpc) is 2.82. The molecule has 0 amide bonds. The summed E-state index contributed by atoms with van der Waals surface area (Å²) in [4.78, 5) is 1.96. The van der Waals surface area contributed by atoms with Gasteiger partial charge in [0.25, 0.3) is 0 Å². The van der Waals surface area contributed by atoms with Crippen molar-refractivity contribution in [3.05, 3.63) is 47.0 Å². The second-order valence-corrected chi connectivity index (χ2v) is 8.29. The molecule has 1 aliphatic heterocycles. The Kier molecular flexibility index (Phi) is 4.95. The van der Waals surface area contributed by atoms with Crippen LogP contribution in [0.1, 0.15) is 17.0 Å². The normalized spacial score (nSPS) is 17.1. The van der Waals surface area contributed by atoms with Gasteiger partial charge in [0.15, 0.2) is 0 Å². The first kappa shape index (κ1) is 18.0. The van der Waals surface area contributed by atoms with Gasteiger partial charge in [-0.2, -0.15) is 9.40 Å². The van der Waals surface area contributed by atoms with Crippen molar-refractivity contribution >= 4 is 10.0 Å². The highest BCUT2D eigenvalue weighted by Gasteiger charge is 2.30. The smallest absolute Gasteiger partial charge is 0.246 e. The van der Waals surface area contributed by atoms with E-state index >= 15 is 0 Å². The number of benzene rings is 1. The number of aromatic nitrogens is 2. The fraction of sp³-hybridized carbons (Fsp3) is 0.471. The summed E-state index contributed by atoms with van der Waals surface area (Å²) in [6.07, 6.45) is 0. The van der Waals surface area contributed by atoms with Crippen LogP contribution < -0.4 is 0 Å². The quantitative estimate of drug-likeness (QED) is 0.826. The molecule has 8 heteroatoms. The Hall–Kier alpha value is -1.77. The molecule has 1 aromatic carbocycles. The Balaban J connectivity index is 1.69. The number of rotatable bonds is 4. The average molecular weight is 366 g/mol. The van der Waals surface area contributed by atoms with E-state index in [4.69, 9.17) is 0 Å². The van der Waals surface area contributed by atoms with Crippen molar-refractivity contribution in [2.24, 2.45) is 7.05 Å². The molecule has 136 valence electrons. The summed E-state index contributed by atoms with van der Waals surface area (Å²) < 4.78 is 42.4. The summed E-state index contributed by atoms with van der Waals surface area (Å²) in [5, 5.41) is 4.42. The molecule has 25 heavy (non-hydrogen) atoms. The van der Waals surface area contributed by atoms with Crippen molar-refractivity contribution in [2.45, 2.75) is 25.3 Å². The van der Waals surface area contributed by atoms with Crippen molar-refractivity contribution in [1.29, 1.82) is 0 Å². The second kappa shape index (κ2) is 6.86. The minimum absolute atomic E-state index is 0.248. The molecule has 0 spiro atoms. The zero-order valence-electron chi connectivity index (χ0n) is 14.7. The third-order valence-electron chi connectivity index (χ3n) is 4.83. The zero-order valence-corrected chi connectivity index (χ0v) is 15.6. The van der Waals surface area contributed by atoms with E-state index in [2.05, 4.69) is 10.00 Å². The van der Waals surface area contributed by atoms with E-state index in [9.17, 15) is 12.8 Å². The van der Waals surface area contributed by atoms with Gasteiger partial charge in [-0.15, -0.1) is 0 Å². The monoisotopic (exact) mass is 366 g/mol. The molecule has 6 nitrogen and oxygen atoms in total. The predicted molar refractivity (Wildman–Crippen MR) is 93.1 cm³/mol. The van der Waals surface area contributed by atoms with Crippen molar-refractivity contribution in [3.8, 4) is 0 Å². The Labute approximate surface area is 147 Å². The van der Waals surface area contributed by atoms with Gasteiger partial charge in [0, 0.05) is 51.0 Å². The molecule has 1 saturated heterocycles. The molecule has 0 bridgehead atoms. The van der Waals surface area contributed by atoms with Crippen LogP contribution in [0.5, 0.6) is 0 Å². The standard InChI is InChI=1S/C17H23FN4O2S/c1-13-15(14(2)20(3)19-13)12-21-8-10-22(11-9-21)25(23,24)17-7-5-4-6-16(17)18/h4-7H,8-12H2,1-3H3. The Bertz CT molecular complexity index is 871. The Morgan fingerprint density at radius 3 is 2.32 bits per heavy atom. The van der Waals surface area contributed by atoms with E-state index in [0.717, 1.165) is 17.9 Å². The highest BCUT2D eigenvalue weighted by Crippen LogP contribution is 2.22. The largest absolute Gasteiger partial charge is 0.296 e. The molecule has 2 heterocycles. The fourth-order valence-corrected chi connectivity index (χ4v) is 4.68. The van der Waals surface area contributed by atoms with Gasteiger partial charge in [0.05, 0.1) is 5.69 Å². The Morgan fingerprint density at radius 1 is 1.12 bits per heavy atom. The van der Waals surface area contributed by atoms with Crippen molar-refractivity contribution in [3.63, 3.8) is 0 Å². The van der Waals surface area contributed by atoms with Crippen molar-refractivity contribution in [2.75, 3.05) is 26.2 Å². The summed E-state index contributed by atoms with van der Waals surface area (Å²) in [6.45, 7) is 6.71. The van der Waals surface area contributed by atoms with Crippen LogP contribution in [0, 0.1) is 19.7 Å². The predicted octanol–water partition coefficient (Wildman–Crippen LogP) is 1.68. The molecular formula is C17H23FN4O2S. The van der Waals surface area contributed by atoms with Gasteiger partial charge < -0.3 is 0 Å². The van der Waals surface area contributed by atoms with Gasteiger partial charge in [-0.1, -0.05) is 12.1 Å². The number of aryl methyl sites for hydroxylation is 2. The fourth-order valence-electron chi connectivity index (χ4n) is 3.19. The van der Waals surface area contributed by atoms with E-state index < -0.39 is 15.8 Å². The summed E-state index contributed by atoms with van der Waals surface area (Å²) >= 11 is 0. The lowest BCUT2D eigenvalue weighted by Crippen LogP contribution is -2.48. The van der Waals surface area contributed by atoms with E-state index in [-0.39, 0.29) is 4.90 Å². The number of hydrogen-bond donors (Lipinski definition) is 0. The highest BCUT2D eigenvalue weighted by molar-refractivity contribution is 7.89. The van der Waals surface area contributed by atoms with Crippen LogP contribution >= 0.6 is 0 Å². The number of sulfonamides is 1. The van der Waals surface area contributed by atoms with Gasteiger partial charge in [0.1, 0.15) is 10.7 Å². The van der Waals surface area contributed by atoms with Gasteiger partial charge in [0.2, 0.25) is 10.0 Å². The minimum atomic E-state index is -3.79. The van der Waals surface area contributed by atoms with Gasteiger partial charge in [-0.3, -0.25) is 9.58 Å². The van der Waals surface area contributed by atoms with Gasteiger partial charge in [-0.05, 0) is 26.0 Å². The van der Waals surface area contributed by atoms with Gasteiger partial charge >= 0.3 is 0 Å². The first-order chi connectivity index (χ1) is 11.8. The molecule has 0 atom stereocenters. The maximum Gasteiger partial charge on any atom is 0.246 e. The van der Waals surface area contributed by atoms with E-state index in [1.165, 1.54) is 28.1 Å². The van der Waals surface area contributed by atoms with E-state index in [0.29, 0.717) is 26.2 Å². The molecule has 0 unspecified atom stereocenters. The summed E-state index contributed by atoms with van der Waals surface area (Å²) in [5.74, 6) is -0.702. The first-order valence-corrected chi connectivity index (χ1v) is 9.71. The first-order valence-electron chi connectivity index (χ1n) is 8.27. The van der Waals surface area contributed by atoms with Crippen LogP contribution in [0.2, 0.25) is 0 Å². The molecule has 1 aliphatic rings. The minimum Gasteiger partial charge on any atom is -0.296 e. The maximum atomic E-state index is 13.9. The van der Waals surface area contributed by atoms with Crippen LogP contribution in [-0.4, -0.2) is 53.6 Å². The van der Waals surface area contributed by atoms with E-state index in [1.54, 1.807) is 6.07 Å². The lowest BCUT2D eigenvalue weighted by molar-refractivity contribution is 0.181. The SMILES string of the molecule is Cc1nn(C)c(C)c1CN1CCN(S(=O)(=O)c2ccccc2F)CC1. The molecular weight excluding hydrogens is 343 g/mol. The lowest BCUT2D eigenvalue weighted by atomic mass is 10.1.